The first-order valence-electron chi connectivity index (χ1n) is 5.26. The monoisotopic (exact) mass is 216 g/mol. The molecule has 80 valence electrons. The fraction of sp³-hybridized carbons (Fsp3) is 0.900. The molecule has 0 saturated heterocycles. The molecular formula is C10H17ClN2O. The lowest BCUT2D eigenvalue weighted by Gasteiger charge is -2.51. The number of amides is 1. The highest BCUT2D eigenvalue weighted by Crippen LogP contribution is 2.56. The van der Waals surface area contributed by atoms with Gasteiger partial charge in [-0.3, -0.25) is 4.79 Å². The van der Waals surface area contributed by atoms with Gasteiger partial charge in [0.1, 0.15) is 0 Å². The number of fused-ring (bicyclic) bond motifs is 3. The summed E-state index contributed by atoms with van der Waals surface area (Å²) in [5.41, 5.74) is 5.65. The predicted molar refractivity (Wildman–Crippen MR) is 55.6 cm³/mol. The van der Waals surface area contributed by atoms with E-state index in [0.29, 0.717) is 5.41 Å². The van der Waals surface area contributed by atoms with Crippen LogP contribution in [0.2, 0.25) is 0 Å². The summed E-state index contributed by atoms with van der Waals surface area (Å²) in [6, 6.07) is 0. The van der Waals surface area contributed by atoms with Crippen LogP contribution in [0.15, 0.2) is 0 Å². The summed E-state index contributed by atoms with van der Waals surface area (Å²) in [5, 5.41) is 0. The van der Waals surface area contributed by atoms with Crippen LogP contribution in [0, 0.1) is 10.8 Å². The van der Waals surface area contributed by atoms with Crippen LogP contribution < -0.4 is 10.6 Å². The van der Waals surface area contributed by atoms with E-state index in [9.17, 15) is 4.79 Å². The average Bonchev–Trinajstić information content (AvgIpc) is 2.20. The largest absolute Gasteiger partial charge is 0.369 e. The number of carbonyl (C=O) groups excluding carboxylic acids is 1. The lowest BCUT2D eigenvalue weighted by atomic mass is 9.53. The van der Waals surface area contributed by atoms with Gasteiger partial charge in [0.15, 0.2) is 0 Å². The first-order chi connectivity index (χ1) is 6.63. The van der Waals surface area contributed by atoms with Gasteiger partial charge >= 0.3 is 0 Å². The van der Waals surface area contributed by atoms with E-state index in [4.69, 9.17) is 17.5 Å². The van der Waals surface area contributed by atoms with Crippen molar-refractivity contribution in [3.8, 4) is 0 Å². The lowest BCUT2D eigenvalue weighted by Crippen LogP contribution is -2.50. The van der Waals surface area contributed by atoms with Gasteiger partial charge < -0.3 is 5.73 Å². The van der Waals surface area contributed by atoms with E-state index in [2.05, 4.69) is 4.84 Å². The molecule has 3 fully saturated rings. The Labute approximate surface area is 89.5 Å². The van der Waals surface area contributed by atoms with Crippen LogP contribution in [0.3, 0.4) is 0 Å². The number of rotatable bonds is 3. The summed E-state index contributed by atoms with van der Waals surface area (Å²) in [4.78, 5) is 14.1. The molecule has 3 aliphatic rings. The van der Waals surface area contributed by atoms with Crippen molar-refractivity contribution in [1.29, 1.82) is 0 Å². The van der Waals surface area contributed by atoms with E-state index in [1.165, 1.54) is 0 Å². The summed E-state index contributed by atoms with van der Waals surface area (Å²) >= 11 is 5.58. The summed E-state index contributed by atoms with van der Waals surface area (Å²) < 4.78 is 0. The summed E-state index contributed by atoms with van der Waals surface area (Å²) in [6.45, 7) is 0.864. The topological polar surface area (TPSA) is 55.1 Å². The predicted octanol–water partition coefficient (Wildman–Crippen LogP) is 1.56. The Bertz CT molecular complexity index is 230. The number of primary amides is 1. The van der Waals surface area contributed by atoms with E-state index < -0.39 is 0 Å². The van der Waals surface area contributed by atoms with Crippen LogP contribution in [0.5, 0.6) is 0 Å². The molecule has 0 aromatic rings. The maximum absolute atomic E-state index is 11.4. The van der Waals surface area contributed by atoms with Gasteiger partial charge in [0.25, 0.3) is 0 Å². The van der Waals surface area contributed by atoms with E-state index in [0.717, 1.165) is 45.1 Å². The van der Waals surface area contributed by atoms with Crippen LogP contribution in [0.25, 0.3) is 0 Å². The van der Waals surface area contributed by atoms with E-state index >= 15 is 0 Å². The first kappa shape index (κ1) is 10.2. The molecule has 1 amide bonds. The Morgan fingerprint density at radius 2 is 1.71 bits per heavy atom. The quantitative estimate of drug-likeness (QED) is 0.704. The molecular weight excluding hydrogens is 200 g/mol. The van der Waals surface area contributed by atoms with E-state index in [-0.39, 0.29) is 11.3 Å². The van der Waals surface area contributed by atoms with Crippen LogP contribution in [0.1, 0.15) is 38.5 Å². The number of nitrogens with one attached hydrogen (secondary N) is 1. The van der Waals surface area contributed by atoms with Gasteiger partial charge in [-0.15, -0.1) is 0 Å². The molecule has 0 spiro atoms. The number of carbonyl (C=O) groups is 1. The first-order valence-corrected chi connectivity index (χ1v) is 5.64. The molecule has 0 radical (unpaired) electrons. The van der Waals surface area contributed by atoms with Gasteiger partial charge in [-0.25, -0.2) is 4.84 Å². The van der Waals surface area contributed by atoms with Crippen molar-refractivity contribution in [3.05, 3.63) is 0 Å². The highest BCUT2D eigenvalue weighted by Gasteiger charge is 2.51. The summed E-state index contributed by atoms with van der Waals surface area (Å²) in [5.74, 6) is -0.0929. The van der Waals surface area contributed by atoms with Crippen molar-refractivity contribution in [3.63, 3.8) is 0 Å². The van der Waals surface area contributed by atoms with Crippen LogP contribution in [0.4, 0.5) is 0 Å². The molecule has 4 heteroatoms. The lowest BCUT2D eigenvalue weighted by molar-refractivity contribution is -0.136. The Kier molecular flexibility index (Phi) is 2.48. The van der Waals surface area contributed by atoms with Gasteiger partial charge in [0.05, 0.1) is 0 Å². The molecule has 0 heterocycles. The Hall–Kier alpha value is -0.280. The molecule has 3 rings (SSSR count). The Morgan fingerprint density at radius 3 is 2.07 bits per heavy atom. The van der Waals surface area contributed by atoms with Crippen LogP contribution >= 0.6 is 11.8 Å². The average molecular weight is 217 g/mol. The number of nitrogens with two attached hydrogens (primary N) is 1. The minimum Gasteiger partial charge on any atom is -0.369 e. The summed E-state index contributed by atoms with van der Waals surface area (Å²) in [7, 11) is 0. The zero-order valence-corrected chi connectivity index (χ0v) is 9.07. The van der Waals surface area contributed by atoms with Gasteiger partial charge in [0, 0.05) is 12.0 Å². The third-order valence-electron chi connectivity index (χ3n) is 4.37. The molecule has 14 heavy (non-hydrogen) atoms. The number of hydrogen-bond acceptors (Lipinski definition) is 2. The Morgan fingerprint density at radius 1 is 1.21 bits per heavy atom. The molecule has 0 atom stereocenters. The maximum atomic E-state index is 11.4. The number of halogens is 1. The molecule has 0 aromatic carbocycles. The van der Waals surface area contributed by atoms with Crippen molar-refractivity contribution in [2.45, 2.75) is 38.5 Å². The third-order valence-corrected chi connectivity index (χ3v) is 4.50. The fourth-order valence-corrected chi connectivity index (χ4v) is 3.32. The minimum absolute atomic E-state index is 0.0929. The maximum Gasteiger partial charge on any atom is 0.223 e. The molecule has 0 aliphatic heterocycles. The normalized spacial score (nSPS) is 41.2. The smallest absolute Gasteiger partial charge is 0.223 e. The van der Waals surface area contributed by atoms with Gasteiger partial charge in [-0.2, -0.15) is 0 Å². The second-order valence-electron chi connectivity index (χ2n) is 4.95. The van der Waals surface area contributed by atoms with Crippen molar-refractivity contribution in [2.24, 2.45) is 16.6 Å². The molecule has 3 aliphatic carbocycles. The van der Waals surface area contributed by atoms with Gasteiger partial charge in [0.2, 0.25) is 5.91 Å². The second-order valence-corrected chi connectivity index (χ2v) is 5.22. The minimum atomic E-state index is -0.173. The van der Waals surface area contributed by atoms with E-state index in [1.807, 2.05) is 0 Å². The fourth-order valence-electron chi connectivity index (χ4n) is 3.04. The summed E-state index contributed by atoms with van der Waals surface area (Å²) in [6.07, 6.45) is 6.16. The van der Waals surface area contributed by atoms with Crippen molar-refractivity contribution in [2.75, 3.05) is 6.54 Å². The number of hydrogen-bond donors (Lipinski definition) is 2. The zero-order chi connectivity index (χ0) is 10.2. The SMILES string of the molecule is NC(=O)C12CCC(CNCl)(CC1)CC2. The molecule has 3 N–H and O–H groups in total. The molecule has 3 nitrogen and oxygen atoms in total. The second kappa shape index (κ2) is 3.38. The highest BCUT2D eigenvalue weighted by atomic mass is 35.5. The highest BCUT2D eigenvalue weighted by molar-refractivity contribution is 6.13. The van der Waals surface area contributed by atoms with Crippen molar-refractivity contribution < 1.29 is 4.79 Å². The molecule has 3 saturated carbocycles. The Balaban J connectivity index is 2.09. The van der Waals surface area contributed by atoms with Crippen LogP contribution in [-0.2, 0) is 4.79 Å². The standard InChI is InChI=1S/C10H17ClN2O/c11-13-7-9-1-4-10(5-2-9,6-3-9)8(12)14/h13H,1-7H2,(H2,12,14). The zero-order valence-electron chi connectivity index (χ0n) is 8.31. The van der Waals surface area contributed by atoms with Crippen molar-refractivity contribution in [1.82, 2.24) is 4.84 Å². The van der Waals surface area contributed by atoms with Gasteiger partial charge in [-0.05, 0) is 55.7 Å². The van der Waals surface area contributed by atoms with Gasteiger partial charge in [-0.1, -0.05) is 0 Å². The van der Waals surface area contributed by atoms with Crippen LogP contribution in [-0.4, -0.2) is 12.5 Å². The molecule has 2 bridgehead atoms. The molecule has 0 unspecified atom stereocenters. The molecule has 0 aromatic heterocycles. The third kappa shape index (κ3) is 1.43. The van der Waals surface area contributed by atoms with Crippen molar-refractivity contribution >= 4 is 17.7 Å². The van der Waals surface area contributed by atoms with E-state index in [1.54, 1.807) is 0 Å².